The van der Waals surface area contributed by atoms with Crippen LogP contribution in [-0.2, 0) is 4.79 Å². The third kappa shape index (κ3) is 19.7. The molecule has 0 atom stereocenters. The quantitative estimate of drug-likeness (QED) is 0.168. The molecular formula is C24H49NO2. The van der Waals surface area contributed by atoms with E-state index >= 15 is 0 Å². The molecule has 0 heterocycles. The SMILES string of the molecule is C=CCCCCCCCCC(=O)[O-].CCCC[N+](CCC)(CCC)CCC. The van der Waals surface area contributed by atoms with Crippen LogP contribution in [0, 0.1) is 0 Å². The minimum atomic E-state index is -0.924. The molecule has 0 unspecified atom stereocenters. The fraction of sp³-hybridized carbons (Fsp3) is 0.875. The Labute approximate surface area is 170 Å². The van der Waals surface area contributed by atoms with Gasteiger partial charge in [-0.2, -0.15) is 0 Å². The number of hydrogen-bond donors (Lipinski definition) is 0. The predicted molar refractivity (Wildman–Crippen MR) is 118 cm³/mol. The van der Waals surface area contributed by atoms with Gasteiger partial charge in [0.25, 0.3) is 0 Å². The molecule has 0 saturated heterocycles. The molecule has 27 heavy (non-hydrogen) atoms. The smallest absolute Gasteiger partial charge is 0.0786 e. The second-order valence-electron chi connectivity index (χ2n) is 7.91. The number of allylic oxidation sites excluding steroid dienone is 1. The van der Waals surface area contributed by atoms with Crippen LogP contribution in [0.4, 0.5) is 0 Å². The Morgan fingerprint density at radius 1 is 0.741 bits per heavy atom. The first-order valence-electron chi connectivity index (χ1n) is 11.7. The number of carbonyl (C=O) groups is 1. The van der Waals surface area contributed by atoms with Crippen molar-refractivity contribution in [1.82, 2.24) is 0 Å². The summed E-state index contributed by atoms with van der Waals surface area (Å²) in [7, 11) is 0. The van der Waals surface area contributed by atoms with Crippen molar-refractivity contribution in [3.8, 4) is 0 Å². The molecule has 0 fully saturated rings. The molecule has 3 heteroatoms. The van der Waals surface area contributed by atoms with E-state index in [0.29, 0.717) is 0 Å². The maximum atomic E-state index is 10.1. The molecule has 0 N–H and O–H groups in total. The molecule has 3 nitrogen and oxygen atoms in total. The summed E-state index contributed by atoms with van der Waals surface area (Å²) in [6.07, 6.45) is 16.6. The zero-order valence-electron chi connectivity index (χ0n) is 19.1. The van der Waals surface area contributed by atoms with Crippen LogP contribution in [0.1, 0.15) is 111 Å². The van der Waals surface area contributed by atoms with Gasteiger partial charge in [-0.25, -0.2) is 0 Å². The summed E-state index contributed by atoms with van der Waals surface area (Å²) in [5, 5.41) is 10.1. The van der Waals surface area contributed by atoms with Crippen molar-refractivity contribution in [3.05, 3.63) is 12.7 Å². The van der Waals surface area contributed by atoms with Gasteiger partial charge in [-0.3, -0.25) is 0 Å². The van der Waals surface area contributed by atoms with Gasteiger partial charge < -0.3 is 14.4 Å². The zero-order valence-corrected chi connectivity index (χ0v) is 19.1. The zero-order chi connectivity index (χ0) is 20.8. The van der Waals surface area contributed by atoms with Crippen molar-refractivity contribution in [1.29, 1.82) is 0 Å². The number of hydrogen-bond acceptors (Lipinski definition) is 2. The Morgan fingerprint density at radius 2 is 1.22 bits per heavy atom. The number of quaternary nitrogens is 1. The Hall–Kier alpha value is -0.830. The molecule has 0 amide bonds. The van der Waals surface area contributed by atoms with Gasteiger partial charge in [0.1, 0.15) is 0 Å². The van der Waals surface area contributed by atoms with E-state index in [1.165, 1.54) is 82.0 Å². The fourth-order valence-corrected chi connectivity index (χ4v) is 3.85. The highest BCUT2D eigenvalue weighted by Crippen LogP contribution is 2.13. The molecule has 0 radical (unpaired) electrons. The first-order valence-corrected chi connectivity index (χ1v) is 11.7. The van der Waals surface area contributed by atoms with E-state index in [0.717, 1.165) is 25.7 Å². The minimum absolute atomic E-state index is 0.215. The Bertz CT molecular complexity index is 311. The lowest BCUT2D eigenvalue weighted by Crippen LogP contribution is -2.50. The lowest BCUT2D eigenvalue weighted by molar-refractivity contribution is -0.928. The maximum absolute atomic E-state index is 10.1. The third-order valence-electron chi connectivity index (χ3n) is 5.12. The summed E-state index contributed by atoms with van der Waals surface area (Å²) in [5.41, 5.74) is 0. The monoisotopic (exact) mass is 383 g/mol. The molecular weight excluding hydrogens is 334 g/mol. The van der Waals surface area contributed by atoms with Crippen LogP contribution in [0.15, 0.2) is 12.7 Å². The van der Waals surface area contributed by atoms with Crippen molar-refractivity contribution >= 4 is 5.97 Å². The summed E-state index contributed by atoms with van der Waals surface area (Å²) >= 11 is 0. The van der Waals surface area contributed by atoms with E-state index in [1.54, 1.807) is 0 Å². The van der Waals surface area contributed by atoms with Crippen LogP contribution in [-0.4, -0.2) is 36.6 Å². The van der Waals surface area contributed by atoms with Gasteiger partial charge in [0, 0.05) is 5.97 Å². The number of nitrogens with zero attached hydrogens (tertiary/aromatic N) is 1. The largest absolute Gasteiger partial charge is 0.550 e. The Morgan fingerprint density at radius 3 is 1.63 bits per heavy atom. The molecule has 0 spiro atoms. The number of carboxylic acid groups (broad SMARTS) is 1. The summed E-state index contributed by atoms with van der Waals surface area (Å²) in [6, 6.07) is 0. The van der Waals surface area contributed by atoms with Crippen molar-refractivity contribution in [2.45, 2.75) is 111 Å². The van der Waals surface area contributed by atoms with Crippen LogP contribution in [0.2, 0.25) is 0 Å². The number of unbranched alkanes of at least 4 members (excludes halogenated alkanes) is 7. The lowest BCUT2D eigenvalue weighted by Gasteiger charge is -2.38. The van der Waals surface area contributed by atoms with E-state index in [2.05, 4.69) is 34.3 Å². The minimum Gasteiger partial charge on any atom is -0.550 e. The molecule has 0 aromatic carbocycles. The average molecular weight is 384 g/mol. The highest BCUT2D eigenvalue weighted by atomic mass is 16.4. The number of carbonyl (C=O) groups excluding carboxylic acids is 1. The lowest BCUT2D eigenvalue weighted by atomic mass is 10.1. The normalized spacial score (nSPS) is 11.0. The van der Waals surface area contributed by atoms with Gasteiger partial charge >= 0.3 is 0 Å². The maximum Gasteiger partial charge on any atom is 0.0786 e. The molecule has 0 aliphatic carbocycles. The second-order valence-corrected chi connectivity index (χ2v) is 7.91. The van der Waals surface area contributed by atoms with Gasteiger partial charge in [0.15, 0.2) is 0 Å². The Kier molecular flexibility index (Phi) is 22.6. The average Bonchev–Trinajstić information content (AvgIpc) is 2.63. The van der Waals surface area contributed by atoms with E-state index < -0.39 is 5.97 Å². The van der Waals surface area contributed by atoms with Crippen LogP contribution in [0.25, 0.3) is 0 Å². The second kappa shape index (κ2) is 21.5. The topological polar surface area (TPSA) is 40.1 Å². The molecule has 0 aliphatic heterocycles. The molecule has 0 saturated carbocycles. The number of carboxylic acids is 1. The summed E-state index contributed by atoms with van der Waals surface area (Å²) in [6.45, 7) is 18.5. The molecule has 162 valence electrons. The number of rotatable bonds is 18. The van der Waals surface area contributed by atoms with Gasteiger partial charge in [-0.1, -0.05) is 65.9 Å². The van der Waals surface area contributed by atoms with Crippen LogP contribution >= 0.6 is 0 Å². The van der Waals surface area contributed by atoms with Crippen LogP contribution < -0.4 is 5.11 Å². The van der Waals surface area contributed by atoms with E-state index in [1.807, 2.05) is 6.08 Å². The Balaban J connectivity index is 0. The van der Waals surface area contributed by atoms with E-state index in [-0.39, 0.29) is 6.42 Å². The van der Waals surface area contributed by atoms with Crippen molar-refractivity contribution in [2.75, 3.05) is 26.2 Å². The summed E-state index contributed by atoms with van der Waals surface area (Å²) < 4.78 is 1.39. The highest BCUT2D eigenvalue weighted by Gasteiger charge is 2.23. The third-order valence-corrected chi connectivity index (χ3v) is 5.12. The fourth-order valence-electron chi connectivity index (χ4n) is 3.85. The molecule has 0 aliphatic rings. The summed E-state index contributed by atoms with van der Waals surface area (Å²) in [5.74, 6) is -0.924. The van der Waals surface area contributed by atoms with Crippen LogP contribution in [0.5, 0.6) is 0 Å². The summed E-state index contributed by atoms with van der Waals surface area (Å²) in [4.78, 5) is 10.1. The van der Waals surface area contributed by atoms with Crippen molar-refractivity contribution in [3.63, 3.8) is 0 Å². The standard InChI is InChI=1S/C13H30N.C11H20O2/c1-5-9-13-14(10-6-2,11-7-3)12-8-4;1-2-3-4-5-6-7-8-9-10-11(12)13/h5-13H2,1-4H3;2H,1,3-10H2,(H,12,13)/q+1;/p-1. The first kappa shape index (κ1) is 28.4. The van der Waals surface area contributed by atoms with Gasteiger partial charge in [-0.05, 0) is 51.4 Å². The molecule has 0 rings (SSSR count). The first-order chi connectivity index (χ1) is 13.0. The van der Waals surface area contributed by atoms with Crippen molar-refractivity contribution in [2.24, 2.45) is 0 Å². The van der Waals surface area contributed by atoms with Gasteiger partial charge in [0.2, 0.25) is 0 Å². The van der Waals surface area contributed by atoms with E-state index in [4.69, 9.17) is 0 Å². The van der Waals surface area contributed by atoms with Gasteiger partial charge in [-0.15, -0.1) is 6.58 Å². The van der Waals surface area contributed by atoms with Gasteiger partial charge in [0.05, 0.1) is 26.2 Å². The van der Waals surface area contributed by atoms with Crippen LogP contribution in [0.3, 0.4) is 0 Å². The molecule has 0 aromatic rings. The highest BCUT2D eigenvalue weighted by molar-refractivity contribution is 5.63. The molecule has 0 aromatic heterocycles. The van der Waals surface area contributed by atoms with E-state index in [9.17, 15) is 9.90 Å². The predicted octanol–water partition coefficient (Wildman–Crippen LogP) is 5.88. The van der Waals surface area contributed by atoms with Crippen molar-refractivity contribution < 1.29 is 14.4 Å². The molecule has 0 bridgehead atoms. The number of aliphatic carboxylic acids is 1.